The van der Waals surface area contributed by atoms with E-state index in [9.17, 15) is 9.59 Å². The fourth-order valence-corrected chi connectivity index (χ4v) is 4.46. The molecule has 0 saturated carbocycles. The van der Waals surface area contributed by atoms with Crippen LogP contribution in [0.1, 0.15) is 12.7 Å². The highest BCUT2D eigenvalue weighted by atomic mass is 16.5. The molecule has 8 nitrogen and oxygen atoms in total. The van der Waals surface area contributed by atoms with Gasteiger partial charge in [-0.15, -0.1) is 0 Å². The van der Waals surface area contributed by atoms with E-state index in [0.717, 1.165) is 5.82 Å². The summed E-state index contributed by atoms with van der Waals surface area (Å²) in [6.07, 6.45) is 7.14. The van der Waals surface area contributed by atoms with Crippen molar-refractivity contribution in [2.24, 2.45) is 18.9 Å². The molecule has 1 aromatic rings. The number of fused-ring (bicyclic) bond motifs is 1. The van der Waals surface area contributed by atoms with Crippen LogP contribution in [0.4, 0.5) is 0 Å². The van der Waals surface area contributed by atoms with E-state index >= 15 is 0 Å². The van der Waals surface area contributed by atoms with E-state index in [2.05, 4.69) is 4.98 Å². The van der Waals surface area contributed by atoms with E-state index in [4.69, 9.17) is 9.47 Å². The lowest BCUT2D eigenvalue weighted by molar-refractivity contribution is -0.143. The van der Waals surface area contributed by atoms with Gasteiger partial charge >= 0.3 is 0 Å². The lowest BCUT2D eigenvalue weighted by Crippen LogP contribution is -2.44. The molecule has 2 unspecified atom stereocenters. The third kappa shape index (κ3) is 2.87. The molecule has 2 bridgehead atoms. The van der Waals surface area contributed by atoms with Gasteiger partial charge in [-0.2, -0.15) is 0 Å². The van der Waals surface area contributed by atoms with Crippen molar-refractivity contribution < 1.29 is 19.1 Å². The van der Waals surface area contributed by atoms with E-state index in [1.165, 1.54) is 0 Å². The average Bonchev–Trinajstić information content (AvgIpc) is 3.38. The van der Waals surface area contributed by atoms with Crippen LogP contribution in [0.2, 0.25) is 0 Å². The molecule has 2 amide bonds. The largest absolute Gasteiger partial charge is 0.380 e. The van der Waals surface area contributed by atoms with Gasteiger partial charge in [0.1, 0.15) is 11.4 Å². The first-order chi connectivity index (χ1) is 13.0. The Hall–Kier alpha value is -2.19. The van der Waals surface area contributed by atoms with Crippen LogP contribution in [0.5, 0.6) is 0 Å². The van der Waals surface area contributed by atoms with Gasteiger partial charge in [0.25, 0.3) is 0 Å². The Balaban J connectivity index is 1.50. The summed E-state index contributed by atoms with van der Waals surface area (Å²) in [6.45, 7) is 4.46. The number of hydrogen-bond donors (Lipinski definition) is 0. The van der Waals surface area contributed by atoms with Crippen LogP contribution in [-0.2, 0) is 32.7 Å². The molecule has 4 atom stereocenters. The first-order valence-electron chi connectivity index (χ1n) is 9.41. The number of hydrogen-bond acceptors (Lipinski definition) is 5. The van der Waals surface area contributed by atoms with Crippen molar-refractivity contribution in [1.29, 1.82) is 0 Å². The Morgan fingerprint density at radius 3 is 3.04 bits per heavy atom. The van der Waals surface area contributed by atoms with Crippen LogP contribution in [0.15, 0.2) is 24.5 Å². The Morgan fingerprint density at radius 2 is 2.33 bits per heavy atom. The van der Waals surface area contributed by atoms with E-state index < -0.39 is 17.4 Å². The van der Waals surface area contributed by atoms with Crippen molar-refractivity contribution in [3.63, 3.8) is 0 Å². The molecule has 1 aromatic heterocycles. The number of amides is 2. The quantitative estimate of drug-likeness (QED) is 0.503. The van der Waals surface area contributed by atoms with E-state index in [1.807, 2.05) is 36.9 Å². The van der Waals surface area contributed by atoms with E-state index in [-0.39, 0.29) is 17.9 Å². The maximum absolute atomic E-state index is 13.2. The Morgan fingerprint density at radius 1 is 1.52 bits per heavy atom. The van der Waals surface area contributed by atoms with Gasteiger partial charge in [-0.05, 0) is 6.92 Å². The smallest absolute Gasteiger partial charge is 0.230 e. The molecule has 4 heterocycles. The predicted octanol–water partition coefficient (Wildman–Crippen LogP) is 0.197. The third-order valence-corrected chi connectivity index (χ3v) is 5.85. The van der Waals surface area contributed by atoms with Crippen LogP contribution < -0.4 is 0 Å². The molecular weight excluding hydrogens is 348 g/mol. The topological polar surface area (TPSA) is 76.9 Å². The maximum Gasteiger partial charge on any atom is 0.230 e. The normalized spacial score (nSPS) is 31.0. The van der Waals surface area contributed by atoms with Crippen LogP contribution in [0.3, 0.4) is 0 Å². The van der Waals surface area contributed by atoms with Crippen molar-refractivity contribution in [2.45, 2.75) is 25.2 Å². The fourth-order valence-electron chi connectivity index (χ4n) is 4.46. The molecule has 8 heteroatoms. The van der Waals surface area contributed by atoms with Crippen molar-refractivity contribution in [1.82, 2.24) is 19.4 Å². The number of rotatable bonds is 7. The van der Waals surface area contributed by atoms with Crippen LogP contribution in [-0.4, -0.2) is 76.2 Å². The Kier molecular flexibility index (Phi) is 4.55. The van der Waals surface area contributed by atoms with Gasteiger partial charge in [-0.25, -0.2) is 4.98 Å². The molecule has 2 saturated heterocycles. The number of likely N-dealkylation sites (tertiary alicyclic amines) is 1. The summed E-state index contributed by atoms with van der Waals surface area (Å²) in [5.41, 5.74) is -0.668. The summed E-state index contributed by atoms with van der Waals surface area (Å²) < 4.78 is 13.4. The van der Waals surface area contributed by atoms with Gasteiger partial charge in [-0.1, -0.05) is 12.2 Å². The molecule has 3 aliphatic rings. The summed E-state index contributed by atoms with van der Waals surface area (Å²) >= 11 is 0. The first-order valence-corrected chi connectivity index (χ1v) is 9.41. The number of carbonyl (C=O) groups is 2. The minimum absolute atomic E-state index is 0.00899. The van der Waals surface area contributed by atoms with Crippen LogP contribution >= 0.6 is 0 Å². The van der Waals surface area contributed by atoms with E-state index in [1.54, 1.807) is 23.0 Å². The van der Waals surface area contributed by atoms with Gasteiger partial charge in [0, 0.05) is 39.6 Å². The van der Waals surface area contributed by atoms with Crippen molar-refractivity contribution in [2.75, 3.05) is 33.4 Å². The summed E-state index contributed by atoms with van der Waals surface area (Å²) in [6, 6.07) is 0. The highest BCUT2D eigenvalue weighted by Gasteiger charge is 2.67. The number of aromatic nitrogens is 2. The van der Waals surface area contributed by atoms with Gasteiger partial charge < -0.3 is 23.8 Å². The lowest BCUT2D eigenvalue weighted by Gasteiger charge is -2.27. The SMILES string of the molecule is CCOCCN1C[C@]23C=C[C@H](O2)C(C(=O)N(C)Cc2nccn2C)C3C1=O. The summed E-state index contributed by atoms with van der Waals surface area (Å²) in [5, 5.41) is 0. The first kappa shape index (κ1) is 18.2. The highest BCUT2D eigenvalue weighted by molar-refractivity contribution is 5.92. The number of aryl methyl sites for hydroxylation is 1. The lowest BCUT2D eigenvalue weighted by atomic mass is 9.76. The molecule has 27 heavy (non-hydrogen) atoms. The fraction of sp³-hybridized carbons (Fsp3) is 0.632. The second kappa shape index (κ2) is 6.76. The summed E-state index contributed by atoms with van der Waals surface area (Å²) in [4.78, 5) is 33.9. The number of carbonyl (C=O) groups excluding carboxylic acids is 2. The predicted molar refractivity (Wildman–Crippen MR) is 96.5 cm³/mol. The van der Waals surface area contributed by atoms with Crippen LogP contribution in [0.25, 0.3) is 0 Å². The third-order valence-electron chi connectivity index (χ3n) is 5.85. The van der Waals surface area contributed by atoms with Crippen molar-refractivity contribution >= 4 is 11.8 Å². The standard InChI is InChI=1S/C19H26N4O4/c1-4-26-10-9-23-12-19-6-5-13(27-19)15(16(19)18(23)25)17(24)22(3)11-14-20-7-8-21(14)2/h5-8,13,15-16H,4,9-12H2,1-3H3/t13-,15?,16?,19-/m0/s1. The second-order valence-electron chi connectivity index (χ2n) is 7.51. The van der Waals surface area contributed by atoms with Crippen molar-refractivity contribution in [3.8, 4) is 0 Å². The van der Waals surface area contributed by atoms with Gasteiger partial charge in [-0.3, -0.25) is 9.59 Å². The summed E-state index contributed by atoms with van der Waals surface area (Å²) in [5.74, 6) is -0.212. The number of imidazole rings is 1. The molecule has 146 valence electrons. The van der Waals surface area contributed by atoms with Gasteiger partial charge in [0.15, 0.2) is 0 Å². The highest BCUT2D eigenvalue weighted by Crippen LogP contribution is 2.52. The number of ether oxygens (including phenoxy) is 2. The van der Waals surface area contributed by atoms with Gasteiger partial charge in [0.05, 0.1) is 37.6 Å². The minimum atomic E-state index is -0.668. The molecule has 0 aromatic carbocycles. The zero-order chi connectivity index (χ0) is 19.2. The average molecular weight is 374 g/mol. The molecule has 0 radical (unpaired) electrons. The monoisotopic (exact) mass is 374 g/mol. The van der Waals surface area contributed by atoms with Crippen LogP contribution in [0, 0.1) is 11.8 Å². The second-order valence-corrected chi connectivity index (χ2v) is 7.51. The van der Waals surface area contributed by atoms with E-state index in [0.29, 0.717) is 32.8 Å². The molecule has 4 rings (SSSR count). The summed E-state index contributed by atoms with van der Waals surface area (Å²) in [7, 11) is 3.65. The maximum atomic E-state index is 13.2. The van der Waals surface area contributed by atoms with Crippen molar-refractivity contribution in [3.05, 3.63) is 30.4 Å². The number of nitrogens with zero attached hydrogens (tertiary/aromatic N) is 4. The zero-order valence-electron chi connectivity index (χ0n) is 16.0. The molecule has 1 spiro atoms. The molecule has 0 aliphatic carbocycles. The molecule has 2 fully saturated rings. The minimum Gasteiger partial charge on any atom is -0.380 e. The molecular formula is C19H26N4O4. The zero-order valence-corrected chi connectivity index (χ0v) is 16.0. The van der Waals surface area contributed by atoms with Gasteiger partial charge in [0.2, 0.25) is 11.8 Å². The molecule has 0 N–H and O–H groups in total. The Bertz CT molecular complexity index is 776. The Labute approximate surface area is 158 Å². The molecule has 3 aliphatic heterocycles.